The lowest BCUT2D eigenvalue weighted by atomic mass is 10.3. The smallest absolute Gasteiger partial charge is 0.378 e. The molecule has 84 valence electrons. The average molecular weight is 220 g/mol. The Balaban J connectivity index is 2.61. The summed E-state index contributed by atoms with van der Waals surface area (Å²) < 4.78 is 7.18. The minimum Gasteiger partial charge on any atom is -0.711 e. The molecule has 0 fully saturated rings. The van der Waals surface area contributed by atoms with Crippen LogP contribution in [-0.4, -0.2) is 17.1 Å². The Morgan fingerprint density at radius 1 is 1.62 bits per heavy atom. The van der Waals surface area contributed by atoms with Gasteiger partial charge in [-0.3, -0.25) is 0 Å². The Kier molecular flexibility index (Phi) is 2.52. The Hall–Kier alpha value is -2.04. The van der Waals surface area contributed by atoms with Crippen LogP contribution >= 0.6 is 0 Å². The molecule has 0 aliphatic heterocycles. The van der Waals surface area contributed by atoms with E-state index in [1.54, 1.807) is 36.7 Å². The largest absolute Gasteiger partial charge is 0.711 e. The number of ether oxygens (including phenoxy) is 1. The standard InChI is InChI=1S/C11H12N2O3/c1-3-16-11(14)9-7-8-5-4-6-13(15)10(8)12(9)2/h4-7H,3H2,1-2H3. The van der Waals surface area contributed by atoms with Crippen molar-refractivity contribution >= 4 is 17.0 Å². The molecule has 0 spiro atoms. The molecule has 2 heterocycles. The topological polar surface area (TPSA) is 58.2 Å². The maximum atomic E-state index is 11.6. The van der Waals surface area contributed by atoms with Gasteiger partial charge in [0.25, 0.3) is 5.65 Å². The summed E-state index contributed by atoms with van der Waals surface area (Å²) >= 11 is 0. The molecule has 0 aliphatic carbocycles. The van der Waals surface area contributed by atoms with E-state index in [0.29, 0.717) is 17.9 Å². The predicted molar refractivity (Wildman–Crippen MR) is 57.8 cm³/mol. The van der Waals surface area contributed by atoms with Gasteiger partial charge in [-0.1, -0.05) is 0 Å². The maximum absolute atomic E-state index is 11.6. The number of hydrogen-bond acceptors (Lipinski definition) is 3. The fourth-order valence-electron chi connectivity index (χ4n) is 1.71. The first kappa shape index (κ1) is 10.5. The summed E-state index contributed by atoms with van der Waals surface area (Å²) in [5.74, 6) is -0.416. The summed E-state index contributed by atoms with van der Waals surface area (Å²) in [5, 5.41) is 12.3. The lowest BCUT2D eigenvalue weighted by Gasteiger charge is -2.03. The molecule has 2 rings (SSSR count). The second-order valence-electron chi connectivity index (χ2n) is 3.42. The fraction of sp³-hybridized carbons (Fsp3) is 0.273. The van der Waals surface area contributed by atoms with Gasteiger partial charge in [0.05, 0.1) is 25.2 Å². The van der Waals surface area contributed by atoms with Crippen LogP contribution in [0.15, 0.2) is 24.4 Å². The fourth-order valence-corrected chi connectivity index (χ4v) is 1.71. The minimum atomic E-state index is -0.416. The molecule has 0 bridgehead atoms. The van der Waals surface area contributed by atoms with E-state index in [0.717, 1.165) is 10.1 Å². The van der Waals surface area contributed by atoms with E-state index < -0.39 is 5.97 Å². The summed E-state index contributed by atoms with van der Waals surface area (Å²) in [6.45, 7) is 2.06. The molecule has 0 saturated heterocycles. The highest BCUT2D eigenvalue weighted by molar-refractivity contribution is 5.93. The molecule has 5 nitrogen and oxygen atoms in total. The molecule has 2 aromatic rings. The number of hydrogen-bond donors (Lipinski definition) is 0. The van der Waals surface area contributed by atoms with Gasteiger partial charge in [-0.15, -0.1) is 0 Å². The number of rotatable bonds is 2. The highest BCUT2D eigenvalue weighted by atomic mass is 16.5. The van der Waals surface area contributed by atoms with E-state index in [-0.39, 0.29) is 0 Å². The average Bonchev–Trinajstić information content (AvgIpc) is 2.58. The van der Waals surface area contributed by atoms with E-state index in [2.05, 4.69) is 0 Å². The van der Waals surface area contributed by atoms with Crippen molar-refractivity contribution < 1.29 is 14.3 Å². The van der Waals surface area contributed by atoms with E-state index in [9.17, 15) is 10.0 Å². The van der Waals surface area contributed by atoms with Crippen molar-refractivity contribution in [2.75, 3.05) is 6.61 Å². The Morgan fingerprint density at radius 2 is 2.38 bits per heavy atom. The first-order valence-electron chi connectivity index (χ1n) is 5.00. The van der Waals surface area contributed by atoms with Crippen LogP contribution in [0.4, 0.5) is 0 Å². The summed E-state index contributed by atoms with van der Waals surface area (Å²) in [6.07, 6.45) is 1.40. The van der Waals surface area contributed by atoms with Crippen LogP contribution in [-0.2, 0) is 11.8 Å². The quantitative estimate of drug-likeness (QED) is 0.431. The highest BCUT2D eigenvalue weighted by Crippen LogP contribution is 2.15. The third-order valence-corrected chi connectivity index (χ3v) is 2.42. The normalized spacial score (nSPS) is 10.6. The molecule has 0 aliphatic rings. The monoisotopic (exact) mass is 220 g/mol. The van der Waals surface area contributed by atoms with Gasteiger partial charge in [0.15, 0.2) is 0 Å². The zero-order chi connectivity index (χ0) is 11.7. The van der Waals surface area contributed by atoms with E-state index in [4.69, 9.17) is 4.74 Å². The van der Waals surface area contributed by atoms with Gasteiger partial charge in [-0.05, 0) is 19.1 Å². The van der Waals surface area contributed by atoms with Crippen molar-refractivity contribution in [3.05, 3.63) is 35.3 Å². The molecule has 0 unspecified atom stereocenters. The molecule has 0 saturated carbocycles. The molecule has 16 heavy (non-hydrogen) atoms. The Morgan fingerprint density at radius 3 is 3.00 bits per heavy atom. The second-order valence-corrected chi connectivity index (χ2v) is 3.42. The molecule has 0 radical (unpaired) electrons. The number of pyridine rings is 1. The van der Waals surface area contributed by atoms with E-state index in [1.165, 1.54) is 6.20 Å². The number of fused-ring (bicyclic) bond motifs is 1. The van der Waals surface area contributed by atoms with Gasteiger partial charge >= 0.3 is 5.97 Å². The van der Waals surface area contributed by atoms with Crippen LogP contribution in [0.3, 0.4) is 0 Å². The number of aryl methyl sites for hydroxylation is 1. The molecule has 0 N–H and O–H groups in total. The SMILES string of the molecule is CCOC(=O)c1cc2ccc[n+]([O-])c2n1C. The van der Waals surface area contributed by atoms with Crippen molar-refractivity contribution in [3.63, 3.8) is 0 Å². The third kappa shape index (κ3) is 1.50. The van der Waals surface area contributed by atoms with Crippen LogP contribution in [0.2, 0.25) is 0 Å². The van der Waals surface area contributed by atoms with Crippen LogP contribution in [0.5, 0.6) is 0 Å². The first-order valence-corrected chi connectivity index (χ1v) is 5.00. The predicted octanol–water partition coefficient (Wildman–Crippen LogP) is 0.988. The Labute approximate surface area is 92.4 Å². The van der Waals surface area contributed by atoms with Gasteiger partial charge in [0.1, 0.15) is 0 Å². The summed E-state index contributed by atoms with van der Waals surface area (Å²) in [7, 11) is 1.67. The van der Waals surface area contributed by atoms with Crippen molar-refractivity contribution in [2.45, 2.75) is 6.92 Å². The molecular formula is C11H12N2O3. The van der Waals surface area contributed by atoms with Crippen molar-refractivity contribution in [3.8, 4) is 0 Å². The van der Waals surface area contributed by atoms with E-state index >= 15 is 0 Å². The van der Waals surface area contributed by atoms with Gasteiger partial charge in [0.2, 0.25) is 5.69 Å². The highest BCUT2D eigenvalue weighted by Gasteiger charge is 2.21. The van der Waals surface area contributed by atoms with Crippen LogP contribution in [0.1, 0.15) is 17.4 Å². The Bertz CT molecular complexity index is 545. The molecule has 0 atom stereocenters. The zero-order valence-corrected chi connectivity index (χ0v) is 9.14. The molecule has 2 aromatic heterocycles. The number of aromatic nitrogens is 2. The second kappa shape index (κ2) is 3.84. The number of carbonyl (C=O) groups excluding carboxylic acids is 1. The van der Waals surface area contributed by atoms with Gasteiger partial charge in [-0.25, -0.2) is 14.1 Å². The van der Waals surface area contributed by atoms with Crippen molar-refractivity contribution in [1.29, 1.82) is 0 Å². The van der Waals surface area contributed by atoms with Gasteiger partial charge in [0, 0.05) is 6.07 Å². The zero-order valence-electron chi connectivity index (χ0n) is 9.14. The first-order chi connectivity index (χ1) is 7.65. The number of carbonyl (C=O) groups is 1. The summed E-state index contributed by atoms with van der Waals surface area (Å²) in [4.78, 5) is 11.6. The molecule has 0 amide bonds. The van der Waals surface area contributed by atoms with Crippen molar-refractivity contribution in [2.24, 2.45) is 7.05 Å². The maximum Gasteiger partial charge on any atom is 0.378 e. The van der Waals surface area contributed by atoms with Crippen molar-refractivity contribution in [1.82, 2.24) is 4.57 Å². The third-order valence-electron chi connectivity index (χ3n) is 2.42. The molecule has 5 heteroatoms. The minimum absolute atomic E-state index is 0.317. The van der Waals surface area contributed by atoms with Crippen LogP contribution in [0, 0.1) is 5.21 Å². The van der Waals surface area contributed by atoms with Crippen LogP contribution in [0.25, 0.3) is 11.0 Å². The molecular weight excluding hydrogens is 208 g/mol. The lowest BCUT2D eigenvalue weighted by Crippen LogP contribution is -2.28. The van der Waals surface area contributed by atoms with E-state index in [1.807, 2.05) is 0 Å². The van der Waals surface area contributed by atoms with Gasteiger partial charge < -0.3 is 9.94 Å². The number of esters is 1. The summed E-state index contributed by atoms with van der Waals surface area (Å²) in [5.41, 5.74) is 0.832. The molecule has 0 aromatic carbocycles. The summed E-state index contributed by atoms with van der Waals surface area (Å²) in [6, 6.07) is 5.08. The number of nitrogens with zero attached hydrogens (tertiary/aromatic N) is 2. The lowest BCUT2D eigenvalue weighted by molar-refractivity contribution is -0.580. The van der Waals surface area contributed by atoms with Crippen LogP contribution < -0.4 is 4.73 Å². The van der Waals surface area contributed by atoms with Gasteiger partial charge in [-0.2, -0.15) is 0 Å².